The number of halogens is 1. The van der Waals surface area contributed by atoms with Crippen LogP contribution in [0, 0.1) is 20.8 Å². The van der Waals surface area contributed by atoms with E-state index in [9.17, 15) is 14.4 Å². The summed E-state index contributed by atoms with van der Waals surface area (Å²) in [6.07, 6.45) is 0. The minimum Gasteiger partial charge on any atom is -0.465 e. The fourth-order valence-corrected chi connectivity index (χ4v) is 4.39. The van der Waals surface area contributed by atoms with Crippen LogP contribution < -0.4 is 10.6 Å². The first-order valence-electron chi connectivity index (χ1n) is 9.38. The molecule has 3 rings (SSSR count). The number of carbonyl (C=O) groups excluding carboxylic acids is 3. The Hall–Kier alpha value is -3.16. The highest BCUT2D eigenvalue weighted by molar-refractivity contribution is 7.19. The first-order chi connectivity index (χ1) is 14.7. The molecule has 160 valence electrons. The first-order valence-corrected chi connectivity index (χ1v) is 10.6. The van der Waals surface area contributed by atoms with Crippen molar-refractivity contribution in [3.63, 3.8) is 0 Å². The van der Waals surface area contributed by atoms with Crippen LogP contribution in [-0.2, 0) is 4.74 Å². The molecule has 8 heteroatoms. The monoisotopic (exact) mass is 456 g/mol. The lowest BCUT2D eigenvalue weighted by Gasteiger charge is -2.07. The summed E-state index contributed by atoms with van der Waals surface area (Å²) in [7, 11) is 1.25. The number of ether oxygens (including phenoxy) is 1. The molecule has 1 aromatic heterocycles. The van der Waals surface area contributed by atoms with Crippen molar-refractivity contribution in [1.29, 1.82) is 0 Å². The number of amides is 2. The van der Waals surface area contributed by atoms with Gasteiger partial charge in [-0.2, -0.15) is 0 Å². The molecule has 1 heterocycles. The molecule has 0 aliphatic heterocycles. The second-order valence-electron chi connectivity index (χ2n) is 7.04. The molecular weight excluding hydrogens is 436 g/mol. The van der Waals surface area contributed by atoms with Gasteiger partial charge < -0.3 is 15.4 Å². The molecule has 2 aromatic carbocycles. The average molecular weight is 457 g/mol. The number of anilines is 2. The molecule has 31 heavy (non-hydrogen) atoms. The van der Waals surface area contributed by atoms with E-state index in [1.54, 1.807) is 31.2 Å². The predicted molar refractivity (Wildman–Crippen MR) is 124 cm³/mol. The summed E-state index contributed by atoms with van der Waals surface area (Å²) < 4.78 is 4.87. The molecule has 0 unspecified atom stereocenters. The molecule has 0 atom stereocenters. The summed E-state index contributed by atoms with van der Waals surface area (Å²) in [4.78, 5) is 38.3. The largest absolute Gasteiger partial charge is 0.465 e. The summed E-state index contributed by atoms with van der Waals surface area (Å²) in [6.45, 7) is 5.54. The molecule has 0 spiro atoms. The van der Waals surface area contributed by atoms with Crippen LogP contribution in [0.25, 0.3) is 0 Å². The summed E-state index contributed by atoms with van der Waals surface area (Å²) in [5.41, 5.74) is 3.65. The summed E-state index contributed by atoms with van der Waals surface area (Å²) in [5.74, 6) is -1.43. The number of rotatable bonds is 5. The van der Waals surface area contributed by atoms with Crippen LogP contribution in [0.2, 0.25) is 5.02 Å². The zero-order valence-corrected chi connectivity index (χ0v) is 19.0. The standard InChI is InChI=1S/C23H21ClN2O4S/c1-12-9-13(2)11-17(10-12)25-21(28)19-14(3)18(23(29)30-4)22(31-19)26-20(27)15-5-7-16(24)8-6-15/h5-11H,1-4H3,(H,25,28)(H,26,27). The van der Waals surface area contributed by atoms with Crippen molar-refractivity contribution in [2.24, 2.45) is 0 Å². The van der Waals surface area contributed by atoms with E-state index in [4.69, 9.17) is 16.3 Å². The topological polar surface area (TPSA) is 84.5 Å². The van der Waals surface area contributed by atoms with Crippen molar-refractivity contribution < 1.29 is 19.1 Å². The van der Waals surface area contributed by atoms with E-state index < -0.39 is 11.9 Å². The third-order valence-electron chi connectivity index (χ3n) is 4.56. The van der Waals surface area contributed by atoms with Gasteiger partial charge in [-0.3, -0.25) is 9.59 Å². The van der Waals surface area contributed by atoms with Gasteiger partial charge in [0.25, 0.3) is 11.8 Å². The molecule has 2 amide bonds. The van der Waals surface area contributed by atoms with Crippen LogP contribution in [0.1, 0.15) is 47.1 Å². The number of thiophene rings is 1. The van der Waals surface area contributed by atoms with Gasteiger partial charge in [0.05, 0.1) is 17.6 Å². The molecule has 0 fully saturated rings. The zero-order valence-electron chi connectivity index (χ0n) is 17.5. The summed E-state index contributed by atoms with van der Waals surface area (Å²) in [6, 6.07) is 12.1. The maximum Gasteiger partial charge on any atom is 0.341 e. The third kappa shape index (κ3) is 5.13. The second kappa shape index (κ2) is 9.32. The molecule has 0 saturated heterocycles. The number of methoxy groups -OCH3 is 1. The van der Waals surface area contributed by atoms with E-state index in [0.29, 0.717) is 26.7 Å². The van der Waals surface area contributed by atoms with Crippen LogP contribution in [0.4, 0.5) is 10.7 Å². The Kier molecular flexibility index (Phi) is 6.77. The van der Waals surface area contributed by atoms with Gasteiger partial charge in [0, 0.05) is 16.3 Å². The van der Waals surface area contributed by atoms with Gasteiger partial charge in [-0.25, -0.2) is 4.79 Å². The highest BCUT2D eigenvalue weighted by atomic mass is 35.5. The van der Waals surface area contributed by atoms with Gasteiger partial charge in [0.15, 0.2) is 0 Å². The van der Waals surface area contributed by atoms with Crippen molar-refractivity contribution in [2.75, 3.05) is 17.7 Å². The fraction of sp³-hybridized carbons (Fsp3) is 0.174. The Balaban J connectivity index is 1.93. The van der Waals surface area contributed by atoms with Crippen molar-refractivity contribution >= 4 is 51.4 Å². The van der Waals surface area contributed by atoms with Gasteiger partial charge in [-0.1, -0.05) is 17.7 Å². The number of nitrogens with one attached hydrogen (secondary N) is 2. The molecule has 0 aliphatic carbocycles. The van der Waals surface area contributed by atoms with E-state index >= 15 is 0 Å². The number of benzene rings is 2. The molecule has 0 radical (unpaired) electrons. The Labute approximate surface area is 189 Å². The highest BCUT2D eigenvalue weighted by Crippen LogP contribution is 2.34. The number of carbonyl (C=O) groups is 3. The molecule has 0 bridgehead atoms. The van der Waals surface area contributed by atoms with E-state index in [-0.39, 0.29) is 16.5 Å². The quantitative estimate of drug-likeness (QED) is 0.488. The van der Waals surface area contributed by atoms with Gasteiger partial charge >= 0.3 is 5.97 Å². The van der Waals surface area contributed by atoms with Crippen molar-refractivity contribution in [3.05, 3.63) is 80.2 Å². The Morgan fingerprint density at radius 1 is 0.903 bits per heavy atom. The Morgan fingerprint density at radius 2 is 1.52 bits per heavy atom. The lowest BCUT2D eigenvalue weighted by atomic mass is 10.1. The molecule has 6 nitrogen and oxygen atoms in total. The SMILES string of the molecule is COC(=O)c1c(NC(=O)c2ccc(Cl)cc2)sc(C(=O)Nc2cc(C)cc(C)c2)c1C. The van der Waals surface area contributed by atoms with Gasteiger partial charge in [0.2, 0.25) is 0 Å². The molecule has 0 saturated carbocycles. The van der Waals surface area contributed by atoms with Crippen LogP contribution in [-0.4, -0.2) is 24.9 Å². The van der Waals surface area contributed by atoms with Crippen molar-refractivity contribution in [1.82, 2.24) is 0 Å². The third-order valence-corrected chi connectivity index (χ3v) is 6.01. The lowest BCUT2D eigenvalue weighted by molar-refractivity contribution is 0.0601. The van der Waals surface area contributed by atoms with E-state index in [1.807, 2.05) is 32.0 Å². The van der Waals surface area contributed by atoms with E-state index in [1.165, 1.54) is 7.11 Å². The van der Waals surface area contributed by atoms with Gasteiger partial charge in [-0.15, -0.1) is 11.3 Å². The second-order valence-corrected chi connectivity index (χ2v) is 8.50. The smallest absolute Gasteiger partial charge is 0.341 e. The van der Waals surface area contributed by atoms with Crippen LogP contribution in [0.5, 0.6) is 0 Å². The predicted octanol–water partition coefficient (Wildman–Crippen LogP) is 5.62. The maximum atomic E-state index is 12.9. The molecular formula is C23H21ClN2O4S. The number of hydrogen-bond donors (Lipinski definition) is 2. The normalized spacial score (nSPS) is 10.5. The molecule has 0 aliphatic rings. The fourth-order valence-electron chi connectivity index (χ4n) is 3.18. The Bertz CT molecular complexity index is 1150. The summed E-state index contributed by atoms with van der Waals surface area (Å²) >= 11 is 6.89. The zero-order chi connectivity index (χ0) is 22.7. The highest BCUT2D eigenvalue weighted by Gasteiger charge is 2.26. The van der Waals surface area contributed by atoms with Crippen LogP contribution in [0.15, 0.2) is 42.5 Å². The average Bonchev–Trinajstić information content (AvgIpc) is 3.03. The number of aryl methyl sites for hydroxylation is 2. The molecule has 2 N–H and O–H groups in total. The van der Waals surface area contributed by atoms with Crippen molar-refractivity contribution in [2.45, 2.75) is 20.8 Å². The van der Waals surface area contributed by atoms with Crippen LogP contribution >= 0.6 is 22.9 Å². The number of hydrogen-bond acceptors (Lipinski definition) is 5. The number of esters is 1. The van der Waals surface area contributed by atoms with Gasteiger partial charge in [-0.05, 0) is 73.9 Å². The van der Waals surface area contributed by atoms with E-state index in [0.717, 1.165) is 22.5 Å². The van der Waals surface area contributed by atoms with Gasteiger partial charge in [0.1, 0.15) is 5.00 Å². The minimum absolute atomic E-state index is 0.153. The van der Waals surface area contributed by atoms with Crippen LogP contribution in [0.3, 0.4) is 0 Å². The molecule has 3 aromatic rings. The van der Waals surface area contributed by atoms with Crippen molar-refractivity contribution in [3.8, 4) is 0 Å². The Morgan fingerprint density at radius 3 is 2.10 bits per heavy atom. The first kappa shape index (κ1) is 22.5. The van der Waals surface area contributed by atoms with E-state index in [2.05, 4.69) is 10.6 Å². The maximum absolute atomic E-state index is 12.9. The minimum atomic E-state index is -0.634. The lowest BCUT2D eigenvalue weighted by Crippen LogP contribution is -2.14. The summed E-state index contributed by atoms with van der Waals surface area (Å²) in [5, 5.41) is 6.33.